The zero-order chi connectivity index (χ0) is 22.4. The molecular formula is C30H27NOS. The van der Waals surface area contributed by atoms with E-state index in [1.165, 1.54) is 76.1 Å². The second kappa shape index (κ2) is 8.48. The summed E-state index contributed by atoms with van der Waals surface area (Å²) in [6.45, 7) is 0. The van der Waals surface area contributed by atoms with Crippen molar-refractivity contribution >= 4 is 38.3 Å². The Labute approximate surface area is 198 Å². The van der Waals surface area contributed by atoms with Crippen molar-refractivity contribution in [1.82, 2.24) is 4.98 Å². The molecule has 4 aliphatic carbocycles. The topological polar surface area (TPSA) is 36.0 Å². The van der Waals surface area contributed by atoms with Crippen LogP contribution in [0.4, 0.5) is 0 Å². The maximum atomic E-state index is 11.9. The van der Waals surface area contributed by atoms with Crippen LogP contribution >= 0.6 is 0 Å². The molecule has 0 saturated carbocycles. The first kappa shape index (κ1) is 20.7. The summed E-state index contributed by atoms with van der Waals surface area (Å²) in [6.07, 6.45) is 17.3. The van der Waals surface area contributed by atoms with Crippen LogP contribution in [0.2, 0.25) is 0 Å². The summed E-state index contributed by atoms with van der Waals surface area (Å²) < 4.78 is 11.9. The van der Waals surface area contributed by atoms with E-state index in [9.17, 15) is 4.55 Å². The Bertz CT molecular complexity index is 1400. The highest BCUT2D eigenvalue weighted by molar-refractivity contribution is 7.91. The van der Waals surface area contributed by atoms with Crippen molar-refractivity contribution in [3.63, 3.8) is 0 Å². The highest BCUT2D eigenvalue weighted by Gasteiger charge is 2.22. The van der Waals surface area contributed by atoms with Crippen molar-refractivity contribution in [2.24, 2.45) is 0 Å². The van der Waals surface area contributed by atoms with E-state index in [1.807, 2.05) is 24.5 Å². The number of aromatic nitrogens is 1. The number of pyridine rings is 1. The fourth-order valence-electron chi connectivity index (χ4n) is 5.71. The minimum absolute atomic E-state index is 0.938. The maximum Gasteiger partial charge on any atom is 0.160 e. The Morgan fingerprint density at radius 2 is 1.64 bits per heavy atom. The average Bonchev–Trinajstić information content (AvgIpc) is 2.89. The molecule has 1 atom stereocenters. The number of fused-ring (bicyclic) bond motifs is 6. The largest absolute Gasteiger partial charge is 0.612 e. The van der Waals surface area contributed by atoms with Crippen LogP contribution in [0.15, 0.2) is 83.5 Å². The number of hydrogen-bond acceptors (Lipinski definition) is 2. The van der Waals surface area contributed by atoms with Crippen LogP contribution < -0.4 is 0 Å². The third-order valence-corrected chi connectivity index (χ3v) is 8.33. The zero-order valence-electron chi connectivity index (χ0n) is 18.9. The van der Waals surface area contributed by atoms with Gasteiger partial charge in [-0.2, -0.15) is 0 Å². The van der Waals surface area contributed by atoms with Gasteiger partial charge in [-0.3, -0.25) is 4.98 Å². The van der Waals surface area contributed by atoms with Gasteiger partial charge in [0, 0.05) is 23.2 Å². The van der Waals surface area contributed by atoms with Crippen LogP contribution in [0, 0.1) is 0 Å². The molecule has 0 fully saturated rings. The summed E-state index contributed by atoms with van der Waals surface area (Å²) in [6, 6.07) is 17.2. The van der Waals surface area contributed by atoms with E-state index >= 15 is 0 Å². The van der Waals surface area contributed by atoms with Crippen molar-refractivity contribution in [3.05, 3.63) is 101 Å². The second-order valence-electron chi connectivity index (χ2n) is 9.16. The molecule has 1 heterocycles. The Morgan fingerprint density at radius 1 is 0.788 bits per heavy atom. The molecule has 1 aromatic heterocycles. The molecule has 2 bridgehead atoms. The van der Waals surface area contributed by atoms with Gasteiger partial charge < -0.3 is 4.55 Å². The Hall–Kier alpha value is -2.88. The standard InChI is InChI=1S/C19H18OS.C11H9N/c1-21(20)19-8-4-7-15-17-10-9-13-5-2-3-6-14(13)16(17)11-12-18(15)19;1-3-9-4-2-8(1)10-5-6-12-7-11(9)10/h3-4,6-8,11-12H,2,5,9-10H2,1H3;1,3,5-7H,2,4H2. The van der Waals surface area contributed by atoms with Crippen molar-refractivity contribution in [1.29, 1.82) is 0 Å². The first-order chi connectivity index (χ1) is 16.2. The van der Waals surface area contributed by atoms with Crippen LogP contribution in [0.3, 0.4) is 0 Å². The van der Waals surface area contributed by atoms with Gasteiger partial charge in [-0.1, -0.05) is 48.1 Å². The third-order valence-electron chi connectivity index (χ3n) is 7.35. The first-order valence-corrected chi connectivity index (χ1v) is 13.4. The Morgan fingerprint density at radius 3 is 2.42 bits per heavy atom. The van der Waals surface area contributed by atoms with Gasteiger partial charge in [0.15, 0.2) is 4.90 Å². The molecule has 1 unspecified atom stereocenters. The molecule has 0 aliphatic heterocycles. The van der Waals surface area contributed by atoms with Gasteiger partial charge in [0.25, 0.3) is 0 Å². The summed E-state index contributed by atoms with van der Waals surface area (Å²) >= 11 is -0.938. The quantitative estimate of drug-likeness (QED) is 0.294. The fourth-order valence-corrected chi connectivity index (χ4v) is 6.47. The lowest BCUT2D eigenvalue weighted by Crippen LogP contribution is -2.08. The molecule has 0 saturated heterocycles. The number of nitrogens with zero attached hydrogens (tertiary/aromatic N) is 1. The molecule has 3 aromatic carbocycles. The number of benzene rings is 3. The van der Waals surface area contributed by atoms with Crippen molar-refractivity contribution in [2.75, 3.05) is 6.26 Å². The maximum absolute atomic E-state index is 11.9. The van der Waals surface area contributed by atoms with Crippen molar-refractivity contribution in [2.45, 2.75) is 43.4 Å². The van der Waals surface area contributed by atoms with E-state index in [-0.39, 0.29) is 0 Å². The molecule has 2 nitrogen and oxygen atoms in total. The van der Waals surface area contributed by atoms with Crippen LogP contribution in [-0.4, -0.2) is 15.8 Å². The predicted molar refractivity (Wildman–Crippen MR) is 139 cm³/mol. The third kappa shape index (κ3) is 3.60. The molecule has 4 aliphatic rings. The Kier molecular flexibility index (Phi) is 5.32. The number of aryl methyl sites for hydroxylation is 3. The van der Waals surface area contributed by atoms with Crippen LogP contribution in [0.25, 0.3) is 27.1 Å². The van der Waals surface area contributed by atoms with Gasteiger partial charge in [0.2, 0.25) is 0 Å². The molecule has 164 valence electrons. The molecule has 0 amide bonds. The summed E-state index contributed by atoms with van der Waals surface area (Å²) in [5.41, 5.74) is 8.80. The molecule has 4 aromatic rings. The van der Waals surface area contributed by atoms with Crippen LogP contribution in [-0.2, 0) is 30.4 Å². The molecular weight excluding hydrogens is 422 g/mol. The molecule has 3 heteroatoms. The van der Waals surface area contributed by atoms with E-state index in [2.05, 4.69) is 53.5 Å². The van der Waals surface area contributed by atoms with Gasteiger partial charge in [-0.15, -0.1) is 0 Å². The highest BCUT2D eigenvalue weighted by atomic mass is 32.2. The average molecular weight is 450 g/mol. The highest BCUT2D eigenvalue weighted by Crippen LogP contribution is 2.40. The summed E-state index contributed by atoms with van der Waals surface area (Å²) in [5.74, 6) is 0. The number of hydrogen-bond donors (Lipinski definition) is 0. The SMILES string of the molecule is C[S+]([O-])c1cccc2c3c(ccc12)C1=C(CCC=C1)CC3.c1cc2c3ccc(c2cn1)CC3. The van der Waals surface area contributed by atoms with Crippen molar-refractivity contribution in [3.8, 4) is 0 Å². The van der Waals surface area contributed by atoms with E-state index in [1.54, 1.807) is 11.8 Å². The predicted octanol–water partition coefficient (Wildman–Crippen LogP) is 6.96. The minimum Gasteiger partial charge on any atom is -0.612 e. The second-order valence-corrected chi connectivity index (χ2v) is 10.5. The van der Waals surface area contributed by atoms with Crippen LogP contribution in [0.5, 0.6) is 0 Å². The molecule has 8 rings (SSSR count). The molecule has 0 N–H and O–H groups in total. The van der Waals surface area contributed by atoms with E-state index in [4.69, 9.17) is 0 Å². The molecule has 0 radical (unpaired) electrons. The van der Waals surface area contributed by atoms with Gasteiger partial charge in [0.05, 0.1) is 0 Å². The first-order valence-electron chi connectivity index (χ1n) is 11.8. The monoisotopic (exact) mass is 449 g/mol. The number of rotatable bonds is 1. The molecule has 33 heavy (non-hydrogen) atoms. The van der Waals surface area contributed by atoms with E-state index in [0.717, 1.165) is 16.7 Å². The van der Waals surface area contributed by atoms with E-state index in [0.29, 0.717) is 0 Å². The smallest absolute Gasteiger partial charge is 0.160 e. The summed E-state index contributed by atoms with van der Waals surface area (Å²) in [7, 11) is 0. The van der Waals surface area contributed by atoms with Gasteiger partial charge in [-0.05, 0) is 106 Å². The summed E-state index contributed by atoms with van der Waals surface area (Å²) in [5, 5.41) is 5.18. The van der Waals surface area contributed by atoms with Gasteiger partial charge in [-0.25, -0.2) is 0 Å². The fraction of sp³-hybridized carbons (Fsp3) is 0.233. The van der Waals surface area contributed by atoms with Crippen LogP contribution in [0.1, 0.15) is 41.5 Å². The van der Waals surface area contributed by atoms with Gasteiger partial charge in [0.1, 0.15) is 6.26 Å². The normalized spacial score (nSPS) is 16.9. The lowest BCUT2D eigenvalue weighted by Gasteiger charge is -2.25. The molecule has 0 spiro atoms. The Balaban J connectivity index is 0.000000145. The van der Waals surface area contributed by atoms with Crippen molar-refractivity contribution < 1.29 is 4.55 Å². The number of allylic oxidation sites excluding steroid dienone is 4. The minimum atomic E-state index is -0.938. The lowest BCUT2D eigenvalue weighted by atomic mass is 9.79. The zero-order valence-corrected chi connectivity index (χ0v) is 19.8. The lowest BCUT2D eigenvalue weighted by molar-refractivity contribution is 0.601. The van der Waals surface area contributed by atoms with E-state index < -0.39 is 11.2 Å². The summed E-state index contributed by atoms with van der Waals surface area (Å²) in [4.78, 5) is 5.10. The van der Waals surface area contributed by atoms with Gasteiger partial charge >= 0.3 is 0 Å².